The van der Waals surface area contributed by atoms with Gasteiger partial charge in [-0.05, 0) is 64.2 Å². The molecule has 1 N–H and O–H groups in total. The second kappa shape index (κ2) is 54.0. The van der Waals surface area contributed by atoms with Crippen molar-refractivity contribution >= 4 is 17.9 Å². The minimum absolute atomic E-state index is 0.178. The topological polar surface area (TPSA) is 108 Å². The number of hydrogen-bond donors (Lipinski definition) is 1. The summed E-state index contributed by atoms with van der Waals surface area (Å²) >= 11 is 0. The zero-order chi connectivity index (χ0) is 52.0. The highest BCUT2D eigenvalue weighted by molar-refractivity contribution is 5.71. The van der Waals surface area contributed by atoms with Gasteiger partial charge in [0.1, 0.15) is 13.2 Å². The molecule has 0 saturated carbocycles. The molecule has 0 aliphatic rings. The first-order chi connectivity index (χ1) is 34.6. The molecule has 0 aliphatic heterocycles. The molecule has 2 atom stereocenters. The van der Waals surface area contributed by atoms with E-state index in [2.05, 4.69) is 38.2 Å². The number of carbonyl (C=O) groups is 3. The Kier molecular flexibility index (Phi) is 52.3. The standard InChI is InChI=1S/C62H117NO8/c1-6-8-10-12-14-16-18-20-22-24-26-28-30-32-34-36-38-40-42-44-46-48-50-52-59(64)69-56-58(57-70-62(61(66)67)68-55-54-63(3,4)5)71-60(65)53-51-49-47-45-43-41-39-37-35-33-31-29-27-25-23-21-19-17-15-13-11-9-7-2/h24-27,58,62H,6-23,28-57H2,1-5H3/p+1/b26-24-,27-25-. The zero-order valence-corrected chi connectivity index (χ0v) is 47.7. The molecule has 0 aromatic carbocycles. The quantitative estimate of drug-likeness (QED) is 0.0211. The van der Waals surface area contributed by atoms with Crippen molar-refractivity contribution in [1.29, 1.82) is 0 Å². The van der Waals surface area contributed by atoms with E-state index in [0.29, 0.717) is 17.4 Å². The van der Waals surface area contributed by atoms with Crippen molar-refractivity contribution in [3.05, 3.63) is 24.3 Å². The van der Waals surface area contributed by atoms with Gasteiger partial charge in [-0.1, -0.05) is 244 Å². The van der Waals surface area contributed by atoms with Gasteiger partial charge in [0.2, 0.25) is 0 Å². The molecule has 0 bridgehead atoms. The first-order valence-electron chi connectivity index (χ1n) is 30.5. The van der Waals surface area contributed by atoms with Gasteiger partial charge in [0, 0.05) is 12.8 Å². The van der Waals surface area contributed by atoms with E-state index in [4.69, 9.17) is 18.9 Å². The monoisotopic (exact) mass is 1000 g/mol. The van der Waals surface area contributed by atoms with Gasteiger partial charge in [0.15, 0.2) is 6.10 Å². The molecule has 71 heavy (non-hydrogen) atoms. The van der Waals surface area contributed by atoms with Crippen molar-refractivity contribution < 1.29 is 42.9 Å². The fourth-order valence-corrected chi connectivity index (χ4v) is 8.95. The first kappa shape index (κ1) is 68.8. The second-order valence-electron chi connectivity index (χ2n) is 22.0. The Morgan fingerprint density at radius 1 is 0.408 bits per heavy atom. The summed E-state index contributed by atoms with van der Waals surface area (Å²) in [5, 5.41) is 9.71. The average Bonchev–Trinajstić information content (AvgIpc) is 3.34. The maximum Gasteiger partial charge on any atom is 0.361 e. The first-order valence-corrected chi connectivity index (χ1v) is 30.5. The number of nitrogens with zero attached hydrogens (tertiary/aromatic N) is 1. The summed E-state index contributed by atoms with van der Waals surface area (Å²) in [5.41, 5.74) is 0. The highest BCUT2D eigenvalue weighted by atomic mass is 16.7. The van der Waals surface area contributed by atoms with Crippen LogP contribution in [0.15, 0.2) is 24.3 Å². The van der Waals surface area contributed by atoms with Crippen molar-refractivity contribution in [1.82, 2.24) is 0 Å². The number of unbranched alkanes of at least 4 members (excludes halogenated alkanes) is 38. The van der Waals surface area contributed by atoms with Crippen LogP contribution in [-0.2, 0) is 33.3 Å². The molecule has 0 saturated heterocycles. The van der Waals surface area contributed by atoms with E-state index < -0.39 is 24.3 Å². The molecule has 9 heteroatoms. The number of ether oxygens (including phenoxy) is 4. The third-order valence-corrected chi connectivity index (χ3v) is 13.7. The molecule has 0 aromatic heterocycles. The summed E-state index contributed by atoms with van der Waals surface area (Å²) in [4.78, 5) is 37.5. The van der Waals surface area contributed by atoms with E-state index in [1.807, 2.05) is 21.1 Å². The largest absolute Gasteiger partial charge is 0.477 e. The Balaban J connectivity index is 4.19. The van der Waals surface area contributed by atoms with Crippen LogP contribution in [0.1, 0.15) is 296 Å². The van der Waals surface area contributed by atoms with Crippen LogP contribution in [0.4, 0.5) is 0 Å². The molecule has 0 rings (SSSR count). The highest BCUT2D eigenvalue weighted by Gasteiger charge is 2.25. The normalized spacial score (nSPS) is 12.9. The fraction of sp³-hybridized carbons (Fsp3) is 0.887. The summed E-state index contributed by atoms with van der Waals surface area (Å²) in [6.45, 7) is 4.93. The molecule has 0 radical (unpaired) electrons. The van der Waals surface area contributed by atoms with Crippen LogP contribution < -0.4 is 0 Å². The molecule has 9 nitrogen and oxygen atoms in total. The lowest BCUT2D eigenvalue weighted by Gasteiger charge is -2.25. The molecular formula is C62H118NO8+. The number of aliphatic carboxylic acids is 1. The van der Waals surface area contributed by atoms with E-state index in [9.17, 15) is 19.5 Å². The average molecular weight is 1010 g/mol. The predicted octanol–water partition coefficient (Wildman–Crippen LogP) is 17.9. The minimum atomic E-state index is -1.51. The fourth-order valence-electron chi connectivity index (χ4n) is 8.95. The van der Waals surface area contributed by atoms with E-state index in [-0.39, 0.29) is 32.2 Å². The number of carboxylic acid groups (broad SMARTS) is 1. The molecule has 0 heterocycles. The lowest BCUT2D eigenvalue weighted by molar-refractivity contribution is -0.870. The molecule has 2 unspecified atom stereocenters. The Bertz CT molecular complexity index is 1210. The van der Waals surface area contributed by atoms with E-state index >= 15 is 0 Å². The van der Waals surface area contributed by atoms with Crippen LogP contribution in [0.2, 0.25) is 0 Å². The van der Waals surface area contributed by atoms with E-state index in [0.717, 1.165) is 38.5 Å². The Morgan fingerprint density at radius 3 is 1.04 bits per heavy atom. The third-order valence-electron chi connectivity index (χ3n) is 13.7. The predicted molar refractivity (Wildman–Crippen MR) is 300 cm³/mol. The van der Waals surface area contributed by atoms with Crippen molar-refractivity contribution in [3.63, 3.8) is 0 Å². The van der Waals surface area contributed by atoms with Gasteiger partial charge in [-0.2, -0.15) is 0 Å². The molecule has 0 aromatic rings. The molecule has 418 valence electrons. The van der Waals surface area contributed by atoms with E-state index in [1.54, 1.807) is 0 Å². The molecular weight excluding hydrogens is 887 g/mol. The maximum atomic E-state index is 12.9. The second-order valence-corrected chi connectivity index (χ2v) is 22.0. The highest BCUT2D eigenvalue weighted by Crippen LogP contribution is 2.17. The summed E-state index contributed by atoms with van der Waals surface area (Å²) in [5.74, 6) is -1.99. The van der Waals surface area contributed by atoms with Gasteiger partial charge in [-0.3, -0.25) is 9.59 Å². The number of carbonyl (C=O) groups excluding carboxylic acids is 2. The van der Waals surface area contributed by atoms with Crippen LogP contribution >= 0.6 is 0 Å². The summed E-state index contributed by atoms with van der Waals surface area (Å²) < 4.78 is 22.9. The van der Waals surface area contributed by atoms with E-state index in [1.165, 1.54) is 231 Å². The lowest BCUT2D eigenvalue weighted by atomic mass is 10.0. The van der Waals surface area contributed by atoms with Gasteiger partial charge in [0.05, 0.1) is 34.4 Å². The molecule has 0 spiro atoms. The summed E-state index contributed by atoms with van der Waals surface area (Å²) in [6.07, 6.45) is 61.1. The van der Waals surface area contributed by atoms with Crippen molar-refractivity contribution in [2.45, 2.75) is 309 Å². The number of rotatable bonds is 57. The number of allylic oxidation sites excluding steroid dienone is 4. The van der Waals surface area contributed by atoms with Gasteiger partial charge in [-0.15, -0.1) is 0 Å². The van der Waals surface area contributed by atoms with Gasteiger partial charge < -0.3 is 28.5 Å². The van der Waals surface area contributed by atoms with Gasteiger partial charge in [0.25, 0.3) is 6.29 Å². The number of esters is 2. The van der Waals surface area contributed by atoms with Crippen LogP contribution in [0.5, 0.6) is 0 Å². The number of likely N-dealkylation sites (N-methyl/N-ethyl adjacent to an activating group) is 1. The number of quaternary nitrogens is 1. The Hall–Kier alpha value is -2.23. The van der Waals surface area contributed by atoms with Crippen molar-refractivity contribution in [2.75, 3.05) is 47.5 Å². The third kappa shape index (κ3) is 55.4. The maximum absolute atomic E-state index is 12.9. The lowest BCUT2D eigenvalue weighted by Crippen LogP contribution is -2.40. The summed E-state index contributed by atoms with van der Waals surface area (Å²) in [6, 6.07) is 0. The summed E-state index contributed by atoms with van der Waals surface area (Å²) in [7, 11) is 5.98. The Labute approximate surface area is 439 Å². The number of hydrogen-bond acceptors (Lipinski definition) is 7. The van der Waals surface area contributed by atoms with Crippen LogP contribution in [0, 0.1) is 0 Å². The van der Waals surface area contributed by atoms with Crippen molar-refractivity contribution in [3.8, 4) is 0 Å². The zero-order valence-electron chi connectivity index (χ0n) is 47.7. The van der Waals surface area contributed by atoms with Crippen LogP contribution in [0.25, 0.3) is 0 Å². The van der Waals surface area contributed by atoms with Crippen molar-refractivity contribution in [2.24, 2.45) is 0 Å². The van der Waals surface area contributed by atoms with Crippen LogP contribution in [-0.4, -0.2) is 87.4 Å². The van der Waals surface area contributed by atoms with Gasteiger partial charge in [-0.25, -0.2) is 4.79 Å². The Morgan fingerprint density at radius 2 is 0.718 bits per heavy atom. The smallest absolute Gasteiger partial charge is 0.361 e. The van der Waals surface area contributed by atoms with Crippen LogP contribution in [0.3, 0.4) is 0 Å². The minimum Gasteiger partial charge on any atom is -0.477 e. The molecule has 0 amide bonds. The SMILES string of the molecule is CCCCCCCCCC/C=C\CCCCCCCCCCCCCC(=O)OCC(COC(OCC[N+](C)(C)C)C(=O)O)OC(=O)CCCCCCCCCCCCC/C=C\CCCCCCCCCC. The molecule has 0 aliphatic carbocycles. The van der Waals surface area contributed by atoms with Gasteiger partial charge >= 0.3 is 17.9 Å². The molecule has 0 fully saturated rings. The number of carboxylic acids is 1.